The molecule has 0 bridgehead atoms. The molecule has 1 fully saturated rings. The van der Waals surface area contributed by atoms with Crippen molar-refractivity contribution in [2.75, 3.05) is 40.3 Å². The first kappa shape index (κ1) is 15.4. The van der Waals surface area contributed by atoms with E-state index in [2.05, 4.69) is 16.8 Å². The monoisotopic (exact) mass is 283 g/mol. The summed E-state index contributed by atoms with van der Waals surface area (Å²) in [6, 6.07) is 3.59. The Bertz CT molecular complexity index is 453. The third kappa shape index (κ3) is 3.98. The van der Waals surface area contributed by atoms with E-state index in [0.29, 0.717) is 18.0 Å². The summed E-state index contributed by atoms with van der Waals surface area (Å²) in [4.78, 5) is 4.50. The molecule has 20 heavy (non-hydrogen) atoms. The Morgan fingerprint density at radius 3 is 2.75 bits per heavy atom. The average Bonchev–Trinajstić information content (AvgIpc) is 2.77. The van der Waals surface area contributed by atoms with Gasteiger partial charge in [-0.3, -0.25) is 0 Å². The van der Waals surface area contributed by atoms with E-state index < -0.39 is 11.6 Å². The summed E-state index contributed by atoms with van der Waals surface area (Å²) < 4.78 is 26.1. The number of nitrogens with zero attached hydrogens (tertiary/aromatic N) is 2. The van der Waals surface area contributed by atoms with E-state index in [9.17, 15) is 8.78 Å². The van der Waals surface area contributed by atoms with Crippen molar-refractivity contribution in [2.24, 2.45) is 11.7 Å². The van der Waals surface area contributed by atoms with Crippen LogP contribution in [-0.4, -0.2) is 50.1 Å². The Morgan fingerprint density at radius 2 is 2.15 bits per heavy atom. The maximum atomic E-state index is 13.2. The van der Waals surface area contributed by atoms with Crippen LogP contribution in [0.2, 0.25) is 0 Å². The first-order chi connectivity index (χ1) is 9.45. The van der Waals surface area contributed by atoms with E-state index in [1.807, 2.05) is 7.05 Å². The zero-order valence-corrected chi connectivity index (χ0v) is 12.1. The molecule has 2 rings (SSSR count). The maximum absolute atomic E-state index is 13.2. The molecule has 1 aromatic rings. The number of hydrogen-bond acceptors (Lipinski definition) is 3. The minimum Gasteiger partial charge on any atom is -0.323 e. The van der Waals surface area contributed by atoms with Crippen LogP contribution in [-0.2, 0) is 0 Å². The van der Waals surface area contributed by atoms with E-state index in [4.69, 9.17) is 5.73 Å². The number of hydrogen-bond donors (Lipinski definition) is 1. The van der Waals surface area contributed by atoms with Crippen LogP contribution in [0.1, 0.15) is 18.0 Å². The molecule has 1 aliphatic rings. The van der Waals surface area contributed by atoms with E-state index in [1.165, 1.54) is 12.5 Å². The molecule has 112 valence electrons. The highest BCUT2D eigenvalue weighted by Gasteiger charge is 2.21. The van der Waals surface area contributed by atoms with Crippen molar-refractivity contribution in [3.63, 3.8) is 0 Å². The fraction of sp³-hybridized carbons (Fsp3) is 0.600. The van der Waals surface area contributed by atoms with Gasteiger partial charge in [-0.25, -0.2) is 8.78 Å². The molecule has 1 aromatic carbocycles. The summed E-state index contributed by atoms with van der Waals surface area (Å²) in [5.41, 5.74) is 6.71. The fourth-order valence-corrected chi connectivity index (χ4v) is 2.87. The number of likely N-dealkylation sites (N-methyl/N-ethyl adjacent to an activating group) is 1. The smallest absolute Gasteiger partial charge is 0.159 e. The van der Waals surface area contributed by atoms with Crippen LogP contribution in [0.25, 0.3) is 0 Å². The van der Waals surface area contributed by atoms with Crippen molar-refractivity contribution in [1.82, 2.24) is 9.80 Å². The lowest BCUT2D eigenvalue weighted by Crippen LogP contribution is -2.33. The predicted molar refractivity (Wildman–Crippen MR) is 76.4 cm³/mol. The van der Waals surface area contributed by atoms with Gasteiger partial charge in [0.1, 0.15) is 0 Å². The molecule has 0 aromatic heterocycles. The highest BCUT2D eigenvalue weighted by atomic mass is 19.2. The topological polar surface area (TPSA) is 32.5 Å². The zero-order chi connectivity index (χ0) is 14.7. The van der Waals surface area contributed by atoms with Gasteiger partial charge in [0.25, 0.3) is 0 Å². The number of likely N-dealkylation sites (tertiary alicyclic amines) is 1. The van der Waals surface area contributed by atoms with Gasteiger partial charge in [-0.05, 0) is 50.7 Å². The van der Waals surface area contributed by atoms with E-state index in [1.54, 1.807) is 6.07 Å². The van der Waals surface area contributed by atoms with Gasteiger partial charge in [0, 0.05) is 25.7 Å². The molecule has 3 nitrogen and oxygen atoms in total. The molecule has 0 saturated carbocycles. The van der Waals surface area contributed by atoms with Crippen LogP contribution in [0.3, 0.4) is 0 Å². The summed E-state index contributed by atoms with van der Waals surface area (Å²) >= 11 is 0. The molecule has 2 atom stereocenters. The largest absolute Gasteiger partial charge is 0.323 e. The van der Waals surface area contributed by atoms with Crippen LogP contribution >= 0.6 is 0 Å². The summed E-state index contributed by atoms with van der Waals surface area (Å²) in [6.07, 6.45) is 1.21. The van der Waals surface area contributed by atoms with Gasteiger partial charge in [-0.15, -0.1) is 0 Å². The van der Waals surface area contributed by atoms with Crippen LogP contribution in [0.4, 0.5) is 8.78 Å². The molecule has 1 saturated heterocycles. The average molecular weight is 283 g/mol. The van der Waals surface area contributed by atoms with Gasteiger partial charge < -0.3 is 15.5 Å². The van der Waals surface area contributed by atoms with Crippen molar-refractivity contribution in [3.05, 3.63) is 35.4 Å². The van der Waals surface area contributed by atoms with Crippen LogP contribution in [0, 0.1) is 17.6 Å². The van der Waals surface area contributed by atoms with Crippen LogP contribution in [0.5, 0.6) is 0 Å². The Balaban J connectivity index is 1.86. The Labute approximate surface area is 119 Å². The number of halogens is 2. The second-order valence-electron chi connectivity index (χ2n) is 5.92. The lowest BCUT2D eigenvalue weighted by atomic mass is 10.1. The molecule has 0 aliphatic carbocycles. The third-order valence-electron chi connectivity index (χ3n) is 3.94. The lowest BCUT2D eigenvalue weighted by molar-refractivity contribution is 0.260. The normalized spacial score (nSPS) is 21.6. The van der Waals surface area contributed by atoms with E-state index in [-0.39, 0.29) is 6.04 Å². The van der Waals surface area contributed by atoms with Crippen LogP contribution in [0.15, 0.2) is 18.2 Å². The van der Waals surface area contributed by atoms with Crippen LogP contribution < -0.4 is 5.73 Å². The van der Waals surface area contributed by atoms with Gasteiger partial charge in [-0.2, -0.15) is 0 Å². The molecule has 5 heteroatoms. The van der Waals surface area contributed by atoms with Gasteiger partial charge in [-0.1, -0.05) is 6.07 Å². The van der Waals surface area contributed by atoms with E-state index >= 15 is 0 Å². The lowest BCUT2D eigenvalue weighted by Gasteiger charge is -2.24. The quantitative estimate of drug-likeness (QED) is 0.895. The van der Waals surface area contributed by atoms with Gasteiger partial charge in [0.15, 0.2) is 11.6 Å². The predicted octanol–water partition coefficient (Wildman–Crippen LogP) is 1.85. The second kappa shape index (κ2) is 6.61. The SMILES string of the molecule is CN1CCC(CN(C)CC(N)c2ccc(F)c(F)c2)C1. The highest BCUT2D eigenvalue weighted by molar-refractivity contribution is 5.21. The van der Waals surface area contributed by atoms with Gasteiger partial charge in [0.2, 0.25) is 0 Å². The Hall–Kier alpha value is -1.04. The van der Waals surface area contributed by atoms with Crippen molar-refractivity contribution >= 4 is 0 Å². The minimum atomic E-state index is -0.835. The molecular weight excluding hydrogens is 260 g/mol. The first-order valence-corrected chi connectivity index (χ1v) is 7.03. The molecule has 2 unspecified atom stereocenters. The molecule has 0 radical (unpaired) electrons. The summed E-state index contributed by atoms with van der Waals surface area (Å²) in [5.74, 6) is -0.997. The number of nitrogens with two attached hydrogens (primary N) is 1. The standard InChI is InChI=1S/C15H23F2N3/c1-19-6-5-11(8-19)9-20(2)10-15(18)12-3-4-13(16)14(17)7-12/h3-4,7,11,15H,5-6,8-10,18H2,1-2H3. The summed E-state index contributed by atoms with van der Waals surface area (Å²) in [6.45, 7) is 3.89. The van der Waals surface area contributed by atoms with Crippen molar-refractivity contribution in [2.45, 2.75) is 12.5 Å². The Morgan fingerprint density at radius 1 is 1.40 bits per heavy atom. The van der Waals surface area contributed by atoms with E-state index in [0.717, 1.165) is 25.7 Å². The maximum Gasteiger partial charge on any atom is 0.159 e. The summed E-state index contributed by atoms with van der Waals surface area (Å²) in [5, 5.41) is 0. The minimum absolute atomic E-state index is 0.297. The third-order valence-corrected chi connectivity index (χ3v) is 3.94. The number of rotatable bonds is 5. The van der Waals surface area contributed by atoms with Gasteiger partial charge in [0.05, 0.1) is 0 Å². The molecule has 0 spiro atoms. The molecule has 2 N–H and O–H groups in total. The van der Waals surface area contributed by atoms with Crippen molar-refractivity contribution < 1.29 is 8.78 Å². The fourth-order valence-electron chi connectivity index (χ4n) is 2.87. The molecular formula is C15H23F2N3. The second-order valence-corrected chi connectivity index (χ2v) is 5.92. The highest BCUT2D eigenvalue weighted by Crippen LogP contribution is 2.18. The molecule has 1 heterocycles. The number of benzene rings is 1. The molecule has 1 aliphatic heterocycles. The first-order valence-electron chi connectivity index (χ1n) is 7.03. The zero-order valence-electron chi connectivity index (χ0n) is 12.1. The van der Waals surface area contributed by atoms with Crippen molar-refractivity contribution in [1.29, 1.82) is 0 Å². The molecule has 0 amide bonds. The Kier molecular flexibility index (Phi) is 5.07. The summed E-state index contributed by atoms with van der Waals surface area (Å²) in [7, 11) is 4.16. The van der Waals surface area contributed by atoms with Gasteiger partial charge >= 0.3 is 0 Å². The van der Waals surface area contributed by atoms with Crippen molar-refractivity contribution in [3.8, 4) is 0 Å².